The first-order valence-electron chi connectivity index (χ1n) is 14.5. The Morgan fingerprint density at radius 3 is 2.44 bits per heavy atom. The van der Waals surface area contributed by atoms with Gasteiger partial charge in [-0.3, -0.25) is 19.7 Å². The van der Waals surface area contributed by atoms with Crippen molar-refractivity contribution in [2.75, 3.05) is 10.2 Å². The third kappa shape index (κ3) is 5.21. The molecule has 6 rings (SSSR count). The number of amides is 5. The van der Waals surface area contributed by atoms with E-state index in [1.54, 1.807) is 23.5 Å². The number of barbiturate groups is 1. The van der Waals surface area contributed by atoms with Crippen LogP contribution >= 0.6 is 11.3 Å². The van der Waals surface area contributed by atoms with Crippen molar-refractivity contribution in [3.63, 3.8) is 0 Å². The first-order chi connectivity index (χ1) is 20.8. The van der Waals surface area contributed by atoms with Crippen LogP contribution in [-0.4, -0.2) is 28.3 Å². The molecule has 5 amide bonds. The van der Waals surface area contributed by atoms with Crippen molar-refractivity contribution in [3.05, 3.63) is 105 Å². The number of aromatic nitrogens is 1. The molecule has 2 N–H and O–H groups in total. The highest BCUT2D eigenvalue weighted by atomic mass is 32.1. The van der Waals surface area contributed by atoms with Gasteiger partial charge in [-0.15, -0.1) is 11.3 Å². The molecule has 0 spiro atoms. The van der Waals surface area contributed by atoms with Crippen LogP contribution in [0, 0.1) is 13.8 Å². The van der Waals surface area contributed by atoms with Gasteiger partial charge in [0.2, 0.25) is 0 Å². The maximum atomic E-state index is 13.8. The minimum absolute atomic E-state index is 0.132. The second kappa shape index (κ2) is 11.5. The molecule has 0 bridgehead atoms. The van der Waals surface area contributed by atoms with Gasteiger partial charge in [-0.25, -0.2) is 9.69 Å². The van der Waals surface area contributed by atoms with Crippen LogP contribution in [-0.2, 0) is 28.9 Å². The Labute approximate surface area is 254 Å². The number of benzene rings is 2. The molecule has 8 nitrogen and oxygen atoms in total. The molecule has 4 aromatic rings. The Balaban J connectivity index is 1.40. The second-order valence-electron chi connectivity index (χ2n) is 10.9. The highest BCUT2D eigenvalue weighted by Crippen LogP contribution is 2.39. The maximum Gasteiger partial charge on any atom is 0.335 e. The van der Waals surface area contributed by atoms with Gasteiger partial charge in [0, 0.05) is 22.0 Å². The van der Waals surface area contributed by atoms with Gasteiger partial charge >= 0.3 is 6.03 Å². The number of urea groups is 1. The lowest BCUT2D eigenvalue weighted by molar-refractivity contribution is -0.122. The topological polar surface area (TPSA) is 101 Å². The van der Waals surface area contributed by atoms with Gasteiger partial charge in [-0.05, 0) is 99.0 Å². The third-order valence-corrected chi connectivity index (χ3v) is 9.37. The lowest BCUT2D eigenvalue weighted by Gasteiger charge is -2.26. The molecule has 9 heteroatoms. The Hall–Kier alpha value is -4.76. The van der Waals surface area contributed by atoms with E-state index in [1.165, 1.54) is 11.0 Å². The summed E-state index contributed by atoms with van der Waals surface area (Å²) in [6, 6.07) is 17.7. The van der Waals surface area contributed by atoms with Crippen molar-refractivity contribution >= 4 is 52.5 Å². The van der Waals surface area contributed by atoms with Crippen LogP contribution in [0.1, 0.15) is 63.1 Å². The van der Waals surface area contributed by atoms with Gasteiger partial charge in [0.25, 0.3) is 17.7 Å². The largest absolute Gasteiger partial charge is 0.335 e. The molecule has 3 heterocycles. The van der Waals surface area contributed by atoms with Crippen molar-refractivity contribution < 1.29 is 19.2 Å². The summed E-state index contributed by atoms with van der Waals surface area (Å²) in [7, 11) is 0. The molecule has 1 fully saturated rings. The van der Waals surface area contributed by atoms with E-state index in [4.69, 9.17) is 0 Å². The number of rotatable bonds is 6. The summed E-state index contributed by atoms with van der Waals surface area (Å²) >= 11 is 1.63. The summed E-state index contributed by atoms with van der Waals surface area (Å²) in [4.78, 5) is 55.1. The fourth-order valence-electron chi connectivity index (χ4n) is 5.83. The Kier molecular flexibility index (Phi) is 7.58. The Bertz CT molecular complexity index is 1800. The quantitative estimate of drug-likeness (QED) is 0.197. The average molecular weight is 593 g/mol. The van der Waals surface area contributed by atoms with Crippen molar-refractivity contribution in [2.45, 2.75) is 52.9 Å². The number of anilines is 2. The minimum Gasteiger partial charge on any atom is -0.322 e. The van der Waals surface area contributed by atoms with E-state index in [2.05, 4.69) is 10.6 Å². The summed E-state index contributed by atoms with van der Waals surface area (Å²) in [5, 5.41) is 6.20. The Morgan fingerprint density at radius 1 is 1.00 bits per heavy atom. The lowest BCUT2D eigenvalue weighted by Crippen LogP contribution is -2.54. The number of carbonyl (C=O) groups excluding carboxylic acids is 4. The molecule has 43 heavy (non-hydrogen) atoms. The van der Waals surface area contributed by atoms with E-state index in [-0.39, 0.29) is 11.5 Å². The van der Waals surface area contributed by atoms with Crippen LogP contribution < -0.4 is 15.5 Å². The predicted molar refractivity (Wildman–Crippen MR) is 169 cm³/mol. The molecule has 0 unspecified atom stereocenters. The zero-order chi connectivity index (χ0) is 30.2. The molecule has 1 saturated heterocycles. The van der Waals surface area contributed by atoms with Gasteiger partial charge < -0.3 is 9.88 Å². The summed E-state index contributed by atoms with van der Waals surface area (Å²) in [6.07, 6.45) is 6.25. The fourth-order valence-corrected chi connectivity index (χ4v) is 7.33. The van der Waals surface area contributed by atoms with Crippen molar-refractivity contribution in [1.82, 2.24) is 9.88 Å². The highest BCUT2D eigenvalue weighted by molar-refractivity contribution is 7.15. The van der Waals surface area contributed by atoms with Gasteiger partial charge in [-0.2, -0.15) is 0 Å². The van der Waals surface area contributed by atoms with E-state index in [9.17, 15) is 19.2 Å². The molecule has 2 aliphatic rings. The fraction of sp³-hybridized carbons (Fsp3) is 0.235. The number of hydrogen-bond donors (Lipinski definition) is 2. The van der Waals surface area contributed by atoms with Gasteiger partial charge in [0.1, 0.15) is 10.6 Å². The van der Waals surface area contributed by atoms with Crippen LogP contribution in [0.15, 0.2) is 66.2 Å². The smallest absolute Gasteiger partial charge is 0.322 e. The molecule has 0 atom stereocenters. The summed E-state index contributed by atoms with van der Waals surface area (Å²) in [6.45, 7) is 5.88. The molecule has 1 aliphatic carbocycles. The van der Waals surface area contributed by atoms with E-state index in [1.807, 2.05) is 73.9 Å². The van der Waals surface area contributed by atoms with Crippen LogP contribution in [0.25, 0.3) is 11.1 Å². The first-order valence-corrected chi connectivity index (χ1v) is 15.3. The molecule has 1 aliphatic heterocycles. The van der Waals surface area contributed by atoms with E-state index >= 15 is 0 Å². The standard InChI is InChI=1S/C34H32N4O4S/c1-4-22-14-16-25(17-15-22)38-32(41)27(30(39)36-34(38)42)19-23-18-20(2)37(21(23)3)33-29(26-12-8-9-13-28(26)43-33)31(40)35-24-10-6-5-7-11-24/h5-7,10-11,14-19H,4,8-9,12-13H2,1-3H3,(H,35,40)(H,36,39,42)/b27-19+. The number of hydrogen-bond acceptors (Lipinski definition) is 5. The van der Waals surface area contributed by atoms with Gasteiger partial charge in [0.05, 0.1) is 11.3 Å². The molecular formula is C34H32N4O4S. The molecule has 0 radical (unpaired) electrons. The third-order valence-electron chi connectivity index (χ3n) is 8.09. The van der Waals surface area contributed by atoms with E-state index in [0.29, 0.717) is 16.8 Å². The van der Waals surface area contributed by atoms with Crippen molar-refractivity contribution in [2.24, 2.45) is 0 Å². The average Bonchev–Trinajstić information content (AvgIpc) is 3.51. The zero-order valence-electron chi connectivity index (χ0n) is 24.3. The maximum absolute atomic E-state index is 13.8. The normalized spacial score (nSPS) is 15.9. The number of para-hydroxylation sites is 1. The van der Waals surface area contributed by atoms with E-state index in [0.717, 1.165) is 70.2 Å². The number of imide groups is 2. The van der Waals surface area contributed by atoms with Crippen LogP contribution in [0.4, 0.5) is 16.2 Å². The van der Waals surface area contributed by atoms with Crippen molar-refractivity contribution in [1.29, 1.82) is 0 Å². The number of nitrogens with one attached hydrogen (secondary N) is 2. The molecule has 0 saturated carbocycles. The molecular weight excluding hydrogens is 560 g/mol. The lowest BCUT2D eigenvalue weighted by atomic mass is 9.95. The molecule has 2 aromatic heterocycles. The van der Waals surface area contributed by atoms with Crippen LogP contribution in [0.5, 0.6) is 0 Å². The zero-order valence-corrected chi connectivity index (χ0v) is 25.1. The number of nitrogens with zero attached hydrogens (tertiary/aromatic N) is 2. The van der Waals surface area contributed by atoms with Crippen molar-refractivity contribution in [3.8, 4) is 5.00 Å². The SMILES string of the molecule is CCc1ccc(N2C(=O)NC(=O)/C(=C\c3cc(C)n(-c4sc5c(c4C(=O)Nc4ccccc4)CCCC5)c3C)C2=O)cc1. The number of thiophene rings is 1. The summed E-state index contributed by atoms with van der Waals surface area (Å²) in [5.74, 6) is -1.58. The molecule has 2 aromatic carbocycles. The number of carbonyl (C=O) groups is 4. The second-order valence-corrected chi connectivity index (χ2v) is 11.9. The summed E-state index contributed by atoms with van der Waals surface area (Å²) in [5.41, 5.74) is 6.13. The highest BCUT2D eigenvalue weighted by Gasteiger charge is 2.37. The van der Waals surface area contributed by atoms with Gasteiger partial charge in [-0.1, -0.05) is 37.3 Å². The first kappa shape index (κ1) is 28.4. The monoisotopic (exact) mass is 592 g/mol. The van der Waals surface area contributed by atoms with Gasteiger partial charge in [0.15, 0.2) is 0 Å². The van der Waals surface area contributed by atoms with Crippen LogP contribution in [0.2, 0.25) is 0 Å². The number of aryl methyl sites for hydroxylation is 3. The predicted octanol–water partition coefficient (Wildman–Crippen LogP) is 6.52. The van der Waals surface area contributed by atoms with Crippen LogP contribution in [0.3, 0.4) is 0 Å². The Morgan fingerprint density at radius 2 is 1.72 bits per heavy atom. The number of fused-ring (bicyclic) bond motifs is 1. The minimum atomic E-state index is -0.778. The summed E-state index contributed by atoms with van der Waals surface area (Å²) < 4.78 is 2.03. The van der Waals surface area contributed by atoms with E-state index < -0.39 is 17.8 Å². The molecule has 218 valence electrons.